The Morgan fingerprint density at radius 3 is 2.72 bits per heavy atom. The molecule has 2 N–H and O–H groups in total. The molecule has 0 saturated carbocycles. The van der Waals surface area contributed by atoms with Crippen LogP contribution in [-0.2, 0) is 4.79 Å². The molecule has 2 rings (SSSR count). The molecule has 0 unspecified atom stereocenters. The van der Waals surface area contributed by atoms with Crippen molar-refractivity contribution in [3.63, 3.8) is 0 Å². The van der Waals surface area contributed by atoms with Crippen LogP contribution in [0.4, 0.5) is 5.13 Å². The number of anilines is 1. The van der Waals surface area contributed by atoms with Gasteiger partial charge in [-0.05, 0) is 19.8 Å². The van der Waals surface area contributed by atoms with Gasteiger partial charge in [0.1, 0.15) is 5.01 Å². The Balaban J connectivity index is 2.16. The number of hydrogen-bond acceptors (Lipinski definition) is 5. The highest BCUT2D eigenvalue weighted by Gasteiger charge is 2.30. The molecule has 18 heavy (non-hydrogen) atoms. The van der Waals surface area contributed by atoms with Gasteiger partial charge in [0.05, 0.1) is 5.92 Å². The first-order valence-corrected chi connectivity index (χ1v) is 7.20. The maximum atomic E-state index is 11.3. The number of amides is 1. The fourth-order valence-electron chi connectivity index (χ4n) is 2.18. The minimum absolute atomic E-state index is 0.0624. The van der Waals surface area contributed by atoms with E-state index in [2.05, 4.69) is 35.9 Å². The smallest absolute Gasteiger partial charge is 0.222 e. The van der Waals surface area contributed by atoms with Crippen LogP contribution < -0.4 is 10.6 Å². The Kier molecular flexibility index (Phi) is 3.85. The monoisotopic (exact) mass is 268 g/mol. The zero-order valence-electron chi connectivity index (χ0n) is 11.1. The third kappa shape index (κ3) is 2.63. The van der Waals surface area contributed by atoms with E-state index in [0.29, 0.717) is 18.5 Å². The molecular formula is C12H20N4OS. The number of nitrogens with zero attached hydrogens (tertiary/aromatic N) is 3. The van der Waals surface area contributed by atoms with Crippen molar-refractivity contribution in [2.24, 2.45) is 11.7 Å². The maximum absolute atomic E-state index is 11.3. The minimum atomic E-state index is -0.208. The molecule has 1 aromatic rings. The predicted octanol–water partition coefficient (Wildman–Crippen LogP) is 1.75. The molecule has 5 nitrogen and oxygen atoms in total. The van der Waals surface area contributed by atoms with Gasteiger partial charge >= 0.3 is 0 Å². The molecule has 1 aromatic heterocycles. The SMILES string of the molecule is CC(C)c1nnc(N2C[C@@H](C(N)=O)CC[C@@H]2C)s1. The molecule has 0 aromatic carbocycles. The summed E-state index contributed by atoms with van der Waals surface area (Å²) >= 11 is 1.62. The van der Waals surface area contributed by atoms with Gasteiger partial charge in [0.2, 0.25) is 11.0 Å². The molecule has 0 radical (unpaired) electrons. The normalized spacial score (nSPS) is 24.6. The summed E-state index contributed by atoms with van der Waals surface area (Å²) in [5.74, 6) is 0.122. The predicted molar refractivity (Wildman–Crippen MR) is 72.7 cm³/mol. The highest BCUT2D eigenvalue weighted by molar-refractivity contribution is 7.15. The minimum Gasteiger partial charge on any atom is -0.369 e. The van der Waals surface area contributed by atoms with Crippen LogP contribution in [0.5, 0.6) is 0 Å². The number of hydrogen-bond donors (Lipinski definition) is 1. The molecule has 1 aliphatic rings. The fraction of sp³-hybridized carbons (Fsp3) is 0.750. The van der Waals surface area contributed by atoms with E-state index < -0.39 is 0 Å². The Morgan fingerprint density at radius 2 is 2.17 bits per heavy atom. The highest BCUT2D eigenvalue weighted by atomic mass is 32.1. The van der Waals surface area contributed by atoms with E-state index >= 15 is 0 Å². The summed E-state index contributed by atoms with van der Waals surface area (Å²) in [7, 11) is 0. The molecule has 2 heterocycles. The second-order valence-corrected chi connectivity index (χ2v) is 6.24. The van der Waals surface area contributed by atoms with Crippen LogP contribution in [0.15, 0.2) is 0 Å². The Morgan fingerprint density at radius 1 is 1.44 bits per heavy atom. The second-order valence-electron chi connectivity index (χ2n) is 5.26. The number of carbonyl (C=O) groups excluding carboxylic acids is 1. The molecule has 1 amide bonds. The zero-order valence-corrected chi connectivity index (χ0v) is 11.9. The quantitative estimate of drug-likeness (QED) is 0.906. The van der Waals surface area contributed by atoms with E-state index in [0.717, 1.165) is 23.0 Å². The molecule has 1 aliphatic heterocycles. The summed E-state index contributed by atoms with van der Waals surface area (Å²) in [6.45, 7) is 7.04. The number of carbonyl (C=O) groups is 1. The molecule has 0 bridgehead atoms. The summed E-state index contributed by atoms with van der Waals surface area (Å²) in [6, 6.07) is 0.397. The van der Waals surface area contributed by atoms with Gasteiger partial charge in [-0.2, -0.15) is 0 Å². The van der Waals surface area contributed by atoms with Gasteiger partial charge in [-0.3, -0.25) is 4.79 Å². The lowest BCUT2D eigenvalue weighted by Crippen LogP contribution is -2.45. The van der Waals surface area contributed by atoms with E-state index in [9.17, 15) is 4.79 Å². The summed E-state index contributed by atoms with van der Waals surface area (Å²) in [6.07, 6.45) is 1.85. The van der Waals surface area contributed by atoms with E-state index in [4.69, 9.17) is 5.73 Å². The van der Waals surface area contributed by atoms with Crippen molar-refractivity contribution in [1.29, 1.82) is 0 Å². The number of aromatic nitrogens is 2. The molecular weight excluding hydrogens is 248 g/mol. The Labute approximate surface area is 111 Å². The van der Waals surface area contributed by atoms with Crippen molar-refractivity contribution in [2.45, 2.75) is 45.6 Å². The van der Waals surface area contributed by atoms with Crippen LogP contribution in [-0.4, -0.2) is 28.7 Å². The first kappa shape index (κ1) is 13.3. The fourth-order valence-corrected chi connectivity index (χ4v) is 3.14. The third-order valence-corrected chi connectivity index (χ3v) is 4.71. The van der Waals surface area contributed by atoms with Gasteiger partial charge in [-0.15, -0.1) is 10.2 Å². The van der Waals surface area contributed by atoms with Crippen molar-refractivity contribution < 1.29 is 4.79 Å². The van der Waals surface area contributed by atoms with Crippen LogP contribution in [0.3, 0.4) is 0 Å². The highest BCUT2D eigenvalue weighted by Crippen LogP contribution is 2.31. The van der Waals surface area contributed by atoms with Crippen LogP contribution in [0.25, 0.3) is 0 Å². The van der Waals surface area contributed by atoms with Crippen molar-refractivity contribution in [3.8, 4) is 0 Å². The topological polar surface area (TPSA) is 72.1 Å². The number of rotatable bonds is 3. The van der Waals surface area contributed by atoms with Crippen molar-refractivity contribution in [1.82, 2.24) is 10.2 Å². The van der Waals surface area contributed by atoms with Crippen LogP contribution in [0.1, 0.15) is 44.5 Å². The molecule has 1 fully saturated rings. The summed E-state index contributed by atoms with van der Waals surface area (Å²) in [5.41, 5.74) is 5.41. The standard InChI is InChI=1S/C12H20N4OS/c1-7(2)11-14-15-12(18-11)16-6-9(10(13)17)5-4-8(16)3/h7-9H,4-6H2,1-3H3,(H2,13,17)/t8-,9-/m0/s1. The van der Waals surface area contributed by atoms with Gasteiger partial charge in [0.15, 0.2) is 0 Å². The molecule has 2 atom stereocenters. The maximum Gasteiger partial charge on any atom is 0.222 e. The van der Waals surface area contributed by atoms with Gasteiger partial charge in [0.25, 0.3) is 0 Å². The first-order valence-electron chi connectivity index (χ1n) is 6.38. The van der Waals surface area contributed by atoms with Crippen molar-refractivity contribution in [3.05, 3.63) is 5.01 Å². The molecule has 0 spiro atoms. The lowest BCUT2D eigenvalue weighted by Gasteiger charge is -2.36. The second kappa shape index (κ2) is 5.22. The van der Waals surface area contributed by atoms with Crippen LogP contribution in [0.2, 0.25) is 0 Å². The summed E-state index contributed by atoms with van der Waals surface area (Å²) in [4.78, 5) is 13.5. The Bertz CT molecular complexity index is 431. The first-order chi connectivity index (χ1) is 8.49. The average Bonchev–Trinajstić information content (AvgIpc) is 2.78. The summed E-state index contributed by atoms with van der Waals surface area (Å²) < 4.78 is 0. The number of piperidine rings is 1. The van der Waals surface area contributed by atoms with Gasteiger partial charge in [0, 0.05) is 18.5 Å². The van der Waals surface area contributed by atoms with E-state index in [1.807, 2.05) is 0 Å². The van der Waals surface area contributed by atoms with Crippen molar-refractivity contribution in [2.75, 3.05) is 11.4 Å². The van der Waals surface area contributed by atoms with E-state index in [-0.39, 0.29) is 11.8 Å². The van der Waals surface area contributed by atoms with Crippen LogP contribution in [0, 0.1) is 5.92 Å². The van der Waals surface area contributed by atoms with Gasteiger partial charge in [-0.25, -0.2) is 0 Å². The largest absolute Gasteiger partial charge is 0.369 e. The lowest BCUT2D eigenvalue weighted by molar-refractivity contribution is -0.122. The van der Waals surface area contributed by atoms with Crippen molar-refractivity contribution >= 4 is 22.4 Å². The average molecular weight is 268 g/mol. The van der Waals surface area contributed by atoms with E-state index in [1.165, 1.54) is 0 Å². The molecule has 0 aliphatic carbocycles. The molecule has 6 heteroatoms. The number of primary amides is 1. The van der Waals surface area contributed by atoms with E-state index in [1.54, 1.807) is 11.3 Å². The number of nitrogens with two attached hydrogens (primary N) is 1. The van der Waals surface area contributed by atoms with Gasteiger partial charge < -0.3 is 10.6 Å². The van der Waals surface area contributed by atoms with Crippen LogP contribution >= 0.6 is 11.3 Å². The lowest BCUT2D eigenvalue weighted by atomic mass is 9.93. The molecule has 100 valence electrons. The zero-order chi connectivity index (χ0) is 13.3. The molecule has 1 saturated heterocycles. The summed E-state index contributed by atoms with van der Waals surface area (Å²) in [5, 5.41) is 10.4. The third-order valence-electron chi connectivity index (χ3n) is 3.45. The van der Waals surface area contributed by atoms with Gasteiger partial charge in [-0.1, -0.05) is 25.2 Å². The Hall–Kier alpha value is -1.17.